The van der Waals surface area contributed by atoms with Crippen molar-refractivity contribution >= 4 is 70.7 Å². The number of unbranched alkanes of at least 4 members (excludes halogenated alkanes) is 1. The fourth-order valence-corrected chi connectivity index (χ4v) is 15.2. The van der Waals surface area contributed by atoms with Crippen molar-refractivity contribution in [1.82, 2.24) is 0 Å². The summed E-state index contributed by atoms with van der Waals surface area (Å²) >= 11 is 0. The molecule has 0 aromatic rings. The van der Waals surface area contributed by atoms with E-state index in [1.54, 1.807) is 21.6 Å². The highest BCUT2D eigenvalue weighted by atomic mass is 33.2. The Balaban J connectivity index is 1.81. The Morgan fingerprint density at radius 3 is 2.35 bits per heavy atom. The van der Waals surface area contributed by atoms with Gasteiger partial charge in [0, 0.05) is 0 Å². The first-order chi connectivity index (χ1) is 8.17. The highest BCUT2D eigenvalue weighted by Gasteiger charge is 2.53. The number of rotatable bonds is 6. The van der Waals surface area contributed by atoms with Crippen LogP contribution in [0.3, 0.4) is 0 Å². The minimum Gasteiger partial charge on any atom is -0.481 e. The van der Waals surface area contributed by atoms with Gasteiger partial charge in [0.25, 0.3) is 0 Å². The van der Waals surface area contributed by atoms with Gasteiger partial charge in [0.1, 0.15) is 0 Å². The van der Waals surface area contributed by atoms with Gasteiger partial charge in [-0.05, 0) is 41.0 Å². The molecule has 2 aliphatic heterocycles. The molecule has 2 rings (SSSR count). The summed E-state index contributed by atoms with van der Waals surface area (Å²) in [6, 6.07) is 0. The molecular formula is C8H13NO2S6. The van der Waals surface area contributed by atoms with Crippen LogP contribution in [-0.4, -0.2) is 24.9 Å². The smallest absolute Gasteiger partial charge is 0.308 e. The zero-order chi connectivity index (χ0) is 12.3. The van der Waals surface area contributed by atoms with Crippen LogP contribution in [0.5, 0.6) is 0 Å². The Bertz CT molecular complexity index is 277. The molecule has 2 aliphatic rings. The van der Waals surface area contributed by atoms with Crippen molar-refractivity contribution in [1.29, 1.82) is 0 Å². The molecule has 3 nitrogen and oxygen atoms in total. The van der Waals surface area contributed by atoms with E-state index >= 15 is 0 Å². The normalized spacial score (nSPS) is 24.8. The van der Waals surface area contributed by atoms with Gasteiger partial charge in [-0.25, -0.2) is 0 Å². The third-order valence-electron chi connectivity index (χ3n) is 2.32. The number of hydrogen-bond donors (Lipinski definition) is 2. The molecular weight excluding hydrogens is 334 g/mol. The summed E-state index contributed by atoms with van der Waals surface area (Å²) in [6.07, 6.45) is 2.57. The third-order valence-corrected chi connectivity index (χ3v) is 16.2. The topological polar surface area (TPSA) is 63.3 Å². The first kappa shape index (κ1) is 14.9. The lowest BCUT2D eigenvalue weighted by Crippen LogP contribution is -2.24. The van der Waals surface area contributed by atoms with Crippen molar-refractivity contribution in [3.8, 4) is 0 Å². The third kappa shape index (κ3) is 4.25. The molecule has 0 amide bonds. The molecule has 0 aromatic heterocycles. The van der Waals surface area contributed by atoms with Gasteiger partial charge < -0.3 is 10.8 Å². The molecule has 0 unspecified atom stereocenters. The van der Waals surface area contributed by atoms with E-state index in [0.717, 1.165) is 19.3 Å². The Morgan fingerprint density at radius 2 is 1.88 bits per heavy atom. The van der Waals surface area contributed by atoms with Gasteiger partial charge in [-0.2, -0.15) is 0 Å². The van der Waals surface area contributed by atoms with Crippen molar-refractivity contribution in [2.24, 2.45) is 11.7 Å². The van der Waals surface area contributed by atoms with E-state index in [1.165, 1.54) is 0 Å². The fourth-order valence-electron chi connectivity index (χ4n) is 1.35. The lowest BCUT2D eigenvalue weighted by atomic mass is 10.0. The summed E-state index contributed by atoms with van der Waals surface area (Å²) < 4.78 is 0.416. The Labute approximate surface area is 125 Å². The maximum atomic E-state index is 11.3. The van der Waals surface area contributed by atoms with E-state index in [0.29, 0.717) is 6.54 Å². The van der Waals surface area contributed by atoms with Crippen LogP contribution in [0.2, 0.25) is 0 Å². The SMILES string of the molecule is NCCCC[C@@H](C(=O)O)C1SSC2(SS1)SS2. The van der Waals surface area contributed by atoms with Gasteiger partial charge in [0.15, 0.2) is 2.74 Å². The van der Waals surface area contributed by atoms with E-state index in [-0.39, 0.29) is 13.2 Å². The fraction of sp³-hybridized carbons (Fsp3) is 0.875. The Morgan fingerprint density at radius 1 is 1.24 bits per heavy atom. The molecule has 2 saturated heterocycles. The summed E-state index contributed by atoms with van der Waals surface area (Å²) in [5, 5.41) is 9.28. The number of hydrogen-bond acceptors (Lipinski definition) is 8. The van der Waals surface area contributed by atoms with Crippen molar-refractivity contribution < 1.29 is 9.90 Å². The van der Waals surface area contributed by atoms with Crippen LogP contribution in [0, 0.1) is 5.92 Å². The molecule has 0 bridgehead atoms. The summed E-state index contributed by atoms with van der Waals surface area (Å²) in [6.45, 7) is 0.650. The van der Waals surface area contributed by atoms with Crippen molar-refractivity contribution in [2.75, 3.05) is 6.54 Å². The molecule has 2 heterocycles. The van der Waals surface area contributed by atoms with E-state index in [4.69, 9.17) is 5.73 Å². The number of carbonyl (C=O) groups is 1. The van der Waals surface area contributed by atoms with Gasteiger partial charge >= 0.3 is 5.97 Å². The maximum Gasteiger partial charge on any atom is 0.308 e. The molecule has 1 atom stereocenters. The maximum absolute atomic E-state index is 11.3. The summed E-state index contributed by atoms with van der Waals surface area (Å²) in [7, 11) is 10.9. The predicted molar refractivity (Wildman–Crippen MR) is 86.1 cm³/mol. The van der Waals surface area contributed by atoms with E-state index < -0.39 is 5.97 Å². The van der Waals surface area contributed by atoms with Crippen LogP contribution in [0.25, 0.3) is 0 Å². The second-order valence-corrected chi connectivity index (χ2v) is 13.1. The van der Waals surface area contributed by atoms with Gasteiger partial charge in [0.2, 0.25) is 0 Å². The second-order valence-electron chi connectivity index (χ2n) is 3.62. The number of carboxylic acid groups (broad SMARTS) is 1. The molecule has 98 valence electrons. The van der Waals surface area contributed by atoms with Crippen molar-refractivity contribution in [3.05, 3.63) is 0 Å². The lowest BCUT2D eigenvalue weighted by Gasteiger charge is -2.27. The first-order valence-electron chi connectivity index (χ1n) is 5.15. The minimum absolute atomic E-state index is 0.160. The molecule has 0 saturated carbocycles. The van der Waals surface area contributed by atoms with Crippen LogP contribution in [0.15, 0.2) is 0 Å². The predicted octanol–water partition coefficient (Wildman–Crippen LogP) is 3.93. The van der Waals surface area contributed by atoms with Gasteiger partial charge in [-0.1, -0.05) is 49.6 Å². The van der Waals surface area contributed by atoms with Crippen LogP contribution in [0.1, 0.15) is 19.3 Å². The van der Waals surface area contributed by atoms with Crippen LogP contribution < -0.4 is 5.73 Å². The van der Waals surface area contributed by atoms with Gasteiger partial charge in [-0.15, -0.1) is 0 Å². The largest absolute Gasteiger partial charge is 0.481 e. The van der Waals surface area contributed by atoms with E-state index in [9.17, 15) is 9.90 Å². The molecule has 0 aliphatic carbocycles. The summed E-state index contributed by atoms with van der Waals surface area (Å²) in [5.74, 6) is -0.914. The van der Waals surface area contributed by atoms with Crippen LogP contribution in [-0.2, 0) is 4.79 Å². The average molecular weight is 348 g/mol. The summed E-state index contributed by atoms with van der Waals surface area (Å²) in [4.78, 5) is 11.3. The second kappa shape index (κ2) is 6.81. The number of carboxylic acids is 1. The number of nitrogens with two attached hydrogens (primary N) is 1. The first-order valence-corrected chi connectivity index (χ1v) is 11.7. The minimum atomic E-state index is -0.666. The van der Waals surface area contributed by atoms with Crippen molar-refractivity contribution in [2.45, 2.75) is 26.6 Å². The molecule has 0 radical (unpaired) electrons. The molecule has 9 heteroatoms. The van der Waals surface area contributed by atoms with Crippen LogP contribution in [0.4, 0.5) is 0 Å². The Kier molecular flexibility index (Phi) is 5.98. The monoisotopic (exact) mass is 347 g/mol. The van der Waals surface area contributed by atoms with Gasteiger partial charge in [0.05, 0.1) is 10.5 Å². The highest BCUT2D eigenvalue weighted by molar-refractivity contribution is 9.14. The zero-order valence-corrected chi connectivity index (χ0v) is 13.8. The van der Waals surface area contributed by atoms with E-state index in [1.807, 2.05) is 43.2 Å². The molecule has 17 heavy (non-hydrogen) atoms. The quantitative estimate of drug-likeness (QED) is 0.422. The average Bonchev–Trinajstić information content (AvgIpc) is 3.06. The van der Waals surface area contributed by atoms with Gasteiger partial charge in [-0.3, -0.25) is 4.79 Å². The molecule has 1 spiro atoms. The molecule has 2 fully saturated rings. The summed E-state index contributed by atoms with van der Waals surface area (Å²) in [5.41, 5.74) is 5.44. The standard InChI is InChI=1S/C8H13NO2S6/c9-4-2-1-3-5(6(10)11)7-12-14-8(15-13-7)16-17-8/h5,7H,1-4,9H2,(H,10,11)/t5-/m0/s1. The molecule has 3 N–H and O–H groups in total. The molecule has 0 aromatic carbocycles. The Hall–Kier alpha value is 1.53. The van der Waals surface area contributed by atoms with Crippen LogP contribution >= 0.6 is 64.8 Å². The van der Waals surface area contributed by atoms with Crippen molar-refractivity contribution in [3.63, 3.8) is 0 Å². The zero-order valence-electron chi connectivity index (χ0n) is 8.87. The highest BCUT2D eigenvalue weighted by Crippen LogP contribution is 2.84. The lowest BCUT2D eigenvalue weighted by molar-refractivity contribution is -0.141. The number of aliphatic carboxylic acids is 1. The van der Waals surface area contributed by atoms with E-state index in [2.05, 4.69) is 0 Å².